The SMILES string of the molecule is CC(C)=CCN1CCN(C(=O)CSc2ccccc2)CC1. The molecule has 21 heavy (non-hydrogen) atoms. The van der Waals surface area contributed by atoms with Crippen molar-refractivity contribution in [3.63, 3.8) is 0 Å². The molecule has 0 atom stereocenters. The van der Waals surface area contributed by atoms with Gasteiger partial charge in [-0.05, 0) is 26.0 Å². The zero-order chi connectivity index (χ0) is 15.1. The van der Waals surface area contributed by atoms with E-state index in [9.17, 15) is 4.79 Å². The highest BCUT2D eigenvalue weighted by Crippen LogP contribution is 2.17. The lowest BCUT2D eigenvalue weighted by atomic mass is 10.2. The summed E-state index contributed by atoms with van der Waals surface area (Å²) in [6, 6.07) is 10.1. The van der Waals surface area contributed by atoms with Crippen molar-refractivity contribution in [2.45, 2.75) is 18.7 Å². The monoisotopic (exact) mass is 304 g/mol. The van der Waals surface area contributed by atoms with Crippen LogP contribution in [0.25, 0.3) is 0 Å². The van der Waals surface area contributed by atoms with Gasteiger partial charge in [0, 0.05) is 37.6 Å². The number of allylic oxidation sites excluding steroid dienone is 1. The molecule has 0 N–H and O–H groups in total. The smallest absolute Gasteiger partial charge is 0.233 e. The summed E-state index contributed by atoms with van der Waals surface area (Å²) < 4.78 is 0. The second kappa shape index (κ2) is 8.25. The van der Waals surface area contributed by atoms with E-state index in [4.69, 9.17) is 0 Å². The maximum Gasteiger partial charge on any atom is 0.233 e. The zero-order valence-electron chi connectivity index (χ0n) is 12.9. The van der Waals surface area contributed by atoms with Crippen molar-refractivity contribution in [1.29, 1.82) is 0 Å². The van der Waals surface area contributed by atoms with Crippen LogP contribution >= 0.6 is 11.8 Å². The predicted molar refractivity (Wildman–Crippen MR) is 89.6 cm³/mol. The molecule has 1 heterocycles. The van der Waals surface area contributed by atoms with E-state index in [2.05, 4.69) is 37.0 Å². The molecule has 1 aliphatic rings. The topological polar surface area (TPSA) is 23.6 Å². The highest BCUT2D eigenvalue weighted by Gasteiger charge is 2.20. The standard InChI is InChI=1S/C17H24N2OS/c1-15(2)8-9-18-10-12-19(13-11-18)17(20)14-21-16-6-4-3-5-7-16/h3-8H,9-14H2,1-2H3. The van der Waals surface area contributed by atoms with Gasteiger partial charge >= 0.3 is 0 Å². The number of thioether (sulfide) groups is 1. The maximum atomic E-state index is 12.2. The Morgan fingerprint density at radius 2 is 1.81 bits per heavy atom. The summed E-state index contributed by atoms with van der Waals surface area (Å²) in [5.74, 6) is 0.795. The van der Waals surface area contributed by atoms with Crippen LogP contribution in [0.5, 0.6) is 0 Å². The molecule has 1 saturated heterocycles. The van der Waals surface area contributed by atoms with Gasteiger partial charge in [0.1, 0.15) is 0 Å². The van der Waals surface area contributed by atoms with Gasteiger partial charge in [-0.2, -0.15) is 0 Å². The second-order valence-corrected chi connectivity index (χ2v) is 6.61. The lowest BCUT2D eigenvalue weighted by molar-refractivity contribution is -0.129. The molecule has 4 heteroatoms. The van der Waals surface area contributed by atoms with E-state index in [1.165, 1.54) is 5.57 Å². The van der Waals surface area contributed by atoms with E-state index in [0.717, 1.165) is 37.6 Å². The van der Waals surface area contributed by atoms with Gasteiger partial charge in [0.15, 0.2) is 0 Å². The lowest BCUT2D eigenvalue weighted by Gasteiger charge is -2.34. The number of hydrogen-bond acceptors (Lipinski definition) is 3. The van der Waals surface area contributed by atoms with Gasteiger partial charge in [0.25, 0.3) is 0 Å². The molecule has 0 saturated carbocycles. The Labute approximate surface area is 132 Å². The third-order valence-electron chi connectivity index (χ3n) is 3.59. The average molecular weight is 304 g/mol. The molecule has 0 bridgehead atoms. The second-order valence-electron chi connectivity index (χ2n) is 5.56. The Kier molecular flexibility index (Phi) is 6.33. The van der Waals surface area contributed by atoms with Crippen molar-refractivity contribution in [2.75, 3.05) is 38.5 Å². The number of rotatable bonds is 5. The Bertz CT molecular complexity index is 475. The third kappa shape index (κ3) is 5.56. The van der Waals surface area contributed by atoms with Gasteiger partial charge in [-0.3, -0.25) is 9.69 Å². The minimum atomic E-state index is 0.255. The van der Waals surface area contributed by atoms with Crippen molar-refractivity contribution in [3.8, 4) is 0 Å². The van der Waals surface area contributed by atoms with E-state index in [1.807, 2.05) is 23.1 Å². The van der Waals surface area contributed by atoms with Gasteiger partial charge in [0.05, 0.1) is 5.75 Å². The summed E-state index contributed by atoms with van der Waals surface area (Å²) in [5.41, 5.74) is 1.35. The number of piperazine rings is 1. The van der Waals surface area contributed by atoms with Gasteiger partial charge in [-0.15, -0.1) is 11.8 Å². The summed E-state index contributed by atoms with van der Waals surface area (Å²) in [5, 5.41) is 0. The van der Waals surface area contributed by atoms with Crippen molar-refractivity contribution in [2.24, 2.45) is 0 Å². The average Bonchev–Trinajstić information content (AvgIpc) is 2.52. The highest BCUT2D eigenvalue weighted by atomic mass is 32.2. The first kappa shape index (κ1) is 16.1. The molecular weight excluding hydrogens is 280 g/mol. The quantitative estimate of drug-likeness (QED) is 0.617. The van der Waals surface area contributed by atoms with E-state index in [0.29, 0.717) is 5.75 Å². The van der Waals surface area contributed by atoms with Gasteiger partial charge < -0.3 is 4.90 Å². The molecule has 1 aromatic rings. The molecule has 1 fully saturated rings. The Hall–Kier alpha value is -1.26. The first-order valence-corrected chi connectivity index (χ1v) is 8.45. The van der Waals surface area contributed by atoms with Crippen LogP contribution in [0.15, 0.2) is 46.9 Å². The van der Waals surface area contributed by atoms with Crippen LogP contribution in [0.2, 0.25) is 0 Å². The van der Waals surface area contributed by atoms with Crippen LogP contribution in [0.4, 0.5) is 0 Å². The molecule has 1 amide bonds. The molecule has 0 aliphatic carbocycles. The predicted octanol–water partition coefficient (Wildman–Crippen LogP) is 2.89. The van der Waals surface area contributed by atoms with Gasteiger partial charge in [0.2, 0.25) is 5.91 Å². The Balaban J connectivity index is 1.72. The zero-order valence-corrected chi connectivity index (χ0v) is 13.7. The highest BCUT2D eigenvalue weighted by molar-refractivity contribution is 8.00. The number of benzene rings is 1. The fourth-order valence-electron chi connectivity index (χ4n) is 2.24. The summed E-state index contributed by atoms with van der Waals surface area (Å²) >= 11 is 1.62. The minimum Gasteiger partial charge on any atom is -0.339 e. The molecular formula is C17H24N2OS. The fraction of sp³-hybridized carbons (Fsp3) is 0.471. The van der Waals surface area contributed by atoms with Crippen LogP contribution in [0.1, 0.15) is 13.8 Å². The molecule has 0 unspecified atom stereocenters. The molecule has 0 spiro atoms. The van der Waals surface area contributed by atoms with Gasteiger partial charge in [-0.1, -0.05) is 29.8 Å². The third-order valence-corrected chi connectivity index (χ3v) is 4.59. The van der Waals surface area contributed by atoms with E-state index >= 15 is 0 Å². The molecule has 1 aromatic carbocycles. The van der Waals surface area contributed by atoms with Crippen LogP contribution < -0.4 is 0 Å². The minimum absolute atomic E-state index is 0.255. The first-order valence-electron chi connectivity index (χ1n) is 7.46. The Morgan fingerprint density at radius 3 is 2.43 bits per heavy atom. The van der Waals surface area contributed by atoms with Gasteiger partial charge in [-0.25, -0.2) is 0 Å². The summed E-state index contributed by atoms with van der Waals surface area (Å²) in [4.78, 5) is 17.8. The van der Waals surface area contributed by atoms with Crippen molar-refractivity contribution < 1.29 is 4.79 Å². The molecule has 2 rings (SSSR count). The number of carbonyl (C=O) groups excluding carboxylic acids is 1. The molecule has 114 valence electrons. The lowest BCUT2D eigenvalue weighted by Crippen LogP contribution is -2.49. The van der Waals surface area contributed by atoms with Crippen LogP contribution in [-0.4, -0.2) is 54.2 Å². The first-order chi connectivity index (χ1) is 10.1. The summed E-state index contributed by atoms with van der Waals surface area (Å²) in [7, 11) is 0. The fourth-order valence-corrected chi connectivity index (χ4v) is 3.07. The molecule has 1 aliphatic heterocycles. The van der Waals surface area contributed by atoms with Crippen LogP contribution in [0.3, 0.4) is 0 Å². The van der Waals surface area contributed by atoms with Crippen LogP contribution in [0, 0.1) is 0 Å². The summed E-state index contributed by atoms with van der Waals surface area (Å²) in [6.45, 7) is 8.91. The van der Waals surface area contributed by atoms with Crippen molar-refractivity contribution in [1.82, 2.24) is 9.80 Å². The summed E-state index contributed by atoms with van der Waals surface area (Å²) in [6.07, 6.45) is 2.25. The van der Waals surface area contributed by atoms with Crippen molar-refractivity contribution >= 4 is 17.7 Å². The van der Waals surface area contributed by atoms with E-state index < -0.39 is 0 Å². The molecule has 0 aromatic heterocycles. The molecule has 3 nitrogen and oxygen atoms in total. The number of nitrogens with zero attached hydrogens (tertiary/aromatic N) is 2. The Morgan fingerprint density at radius 1 is 1.14 bits per heavy atom. The van der Waals surface area contributed by atoms with Crippen LogP contribution in [-0.2, 0) is 4.79 Å². The largest absolute Gasteiger partial charge is 0.339 e. The number of hydrogen-bond donors (Lipinski definition) is 0. The number of carbonyl (C=O) groups is 1. The van der Waals surface area contributed by atoms with E-state index in [-0.39, 0.29) is 5.91 Å². The normalized spacial score (nSPS) is 15.8. The van der Waals surface area contributed by atoms with Crippen molar-refractivity contribution in [3.05, 3.63) is 42.0 Å². The number of amides is 1. The maximum absolute atomic E-state index is 12.2. The van der Waals surface area contributed by atoms with E-state index in [1.54, 1.807) is 11.8 Å². The molecule has 0 radical (unpaired) electrons.